The van der Waals surface area contributed by atoms with Crippen molar-refractivity contribution in [1.82, 2.24) is 5.32 Å². The molecule has 1 N–H and O–H groups in total. The zero-order chi connectivity index (χ0) is 12.0. The summed E-state index contributed by atoms with van der Waals surface area (Å²) >= 11 is 0. The molecule has 0 heterocycles. The van der Waals surface area contributed by atoms with Crippen molar-refractivity contribution in [3.63, 3.8) is 0 Å². The summed E-state index contributed by atoms with van der Waals surface area (Å²) in [5.41, 5.74) is 2.89. The highest BCUT2D eigenvalue weighted by Gasteiger charge is 2.15. The SMILES string of the molecule is CCNC(Cc1ccccc1C)C(C)CC. The Hall–Kier alpha value is -0.820. The molecule has 0 bridgehead atoms. The maximum absolute atomic E-state index is 3.61. The Labute approximate surface area is 100 Å². The van der Waals surface area contributed by atoms with Crippen molar-refractivity contribution in [2.45, 2.75) is 46.6 Å². The number of benzene rings is 1. The van der Waals surface area contributed by atoms with Crippen LogP contribution in [0.15, 0.2) is 24.3 Å². The van der Waals surface area contributed by atoms with Crippen LogP contribution in [0.2, 0.25) is 0 Å². The second-order valence-electron chi connectivity index (χ2n) is 4.68. The lowest BCUT2D eigenvalue weighted by molar-refractivity contribution is 0.370. The zero-order valence-electron chi connectivity index (χ0n) is 11.1. The predicted molar refractivity (Wildman–Crippen MR) is 71.8 cm³/mol. The number of hydrogen-bond acceptors (Lipinski definition) is 1. The maximum Gasteiger partial charge on any atom is 0.0133 e. The summed E-state index contributed by atoms with van der Waals surface area (Å²) < 4.78 is 0. The van der Waals surface area contributed by atoms with Gasteiger partial charge in [-0.05, 0) is 36.9 Å². The molecule has 2 unspecified atom stereocenters. The molecule has 90 valence electrons. The van der Waals surface area contributed by atoms with E-state index in [0.29, 0.717) is 6.04 Å². The minimum Gasteiger partial charge on any atom is -0.314 e. The molecule has 1 heteroatoms. The lowest BCUT2D eigenvalue weighted by Crippen LogP contribution is -2.36. The van der Waals surface area contributed by atoms with Gasteiger partial charge in [0.05, 0.1) is 0 Å². The second-order valence-corrected chi connectivity index (χ2v) is 4.68. The maximum atomic E-state index is 3.61. The van der Waals surface area contributed by atoms with Crippen LogP contribution in [0.1, 0.15) is 38.3 Å². The average molecular weight is 219 g/mol. The third-order valence-electron chi connectivity index (χ3n) is 3.50. The summed E-state index contributed by atoms with van der Waals surface area (Å²) in [7, 11) is 0. The smallest absolute Gasteiger partial charge is 0.0133 e. The van der Waals surface area contributed by atoms with Gasteiger partial charge in [0.25, 0.3) is 0 Å². The van der Waals surface area contributed by atoms with Gasteiger partial charge in [-0.1, -0.05) is 51.5 Å². The van der Waals surface area contributed by atoms with Crippen molar-refractivity contribution in [2.75, 3.05) is 6.54 Å². The molecule has 1 rings (SSSR count). The van der Waals surface area contributed by atoms with Crippen molar-refractivity contribution in [3.05, 3.63) is 35.4 Å². The second kappa shape index (κ2) is 6.70. The van der Waals surface area contributed by atoms with Gasteiger partial charge in [-0.15, -0.1) is 0 Å². The van der Waals surface area contributed by atoms with Gasteiger partial charge in [-0.3, -0.25) is 0 Å². The number of hydrogen-bond donors (Lipinski definition) is 1. The van der Waals surface area contributed by atoms with Crippen LogP contribution < -0.4 is 5.32 Å². The van der Waals surface area contributed by atoms with Crippen molar-refractivity contribution in [2.24, 2.45) is 5.92 Å². The molecule has 1 aromatic carbocycles. The van der Waals surface area contributed by atoms with Gasteiger partial charge >= 0.3 is 0 Å². The monoisotopic (exact) mass is 219 g/mol. The third kappa shape index (κ3) is 3.64. The molecule has 0 amide bonds. The fraction of sp³-hybridized carbons (Fsp3) is 0.600. The Balaban J connectivity index is 2.71. The molecule has 0 aliphatic carbocycles. The van der Waals surface area contributed by atoms with Crippen molar-refractivity contribution < 1.29 is 0 Å². The third-order valence-corrected chi connectivity index (χ3v) is 3.50. The average Bonchev–Trinajstić information content (AvgIpc) is 2.30. The predicted octanol–water partition coefficient (Wildman–Crippen LogP) is 3.56. The molecule has 0 aromatic heterocycles. The Bertz CT molecular complexity index is 306. The number of aryl methyl sites for hydroxylation is 1. The van der Waals surface area contributed by atoms with Crippen LogP contribution in [0.4, 0.5) is 0 Å². The molecule has 1 aromatic rings. The standard InChI is InChI=1S/C15H25N/c1-5-12(3)15(16-6-2)11-14-10-8-7-9-13(14)4/h7-10,12,15-16H,5-6,11H2,1-4H3. The van der Waals surface area contributed by atoms with Crippen LogP contribution in [0, 0.1) is 12.8 Å². The van der Waals surface area contributed by atoms with E-state index in [2.05, 4.69) is 57.3 Å². The van der Waals surface area contributed by atoms with Gasteiger partial charge in [-0.25, -0.2) is 0 Å². The lowest BCUT2D eigenvalue weighted by atomic mass is 9.91. The van der Waals surface area contributed by atoms with Crippen LogP contribution in [-0.2, 0) is 6.42 Å². The molecule has 0 aliphatic rings. The van der Waals surface area contributed by atoms with Gasteiger partial charge < -0.3 is 5.32 Å². The summed E-state index contributed by atoms with van der Waals surface area (Å²) in [6, 6.07) is 9.32. The van der Waals surface area contributed by atoms with E-state index in [-0.39, 0.29) is 0 Å². The molecule has 0 saturated heterocycles. The van der Waals surface area contributed by atoms with Crippen molar-refractivity contribution in [1.29, 1.82) is 0 Å². The fourth-order valence-electron chi connectivity index (χ4n) is 2.10. The zero-order valence-corrected chi connectivity index (χ0v) is 11.1. The molecular formula is C15H25N. The molecule has 16 heavy (non-hydrogen) atoms. The first-order chi connectivity index (χ1) is 7.69. The summed E-state index contributed by atoms with van der Waals surface area (Å²) in [4.78, 5) is 0. The minimum atomic E-state index is 0.608. The summed E-state index contributed by atoms with van der Waals surface area (Å²) in [5, 5.41) is 3.61. The van der Waals surface area contributed by atoms with E-state index in [1.165, 1.54) is 17.5 Å². The van der Waals surface area contributed by atoms with E-state index in [4.69, 9.17) is 0 Å². The first kappa shape index (κ1) is 13.2. The molecule has 0 fully saturated rings. The van der Waals surface area contributed by atoms with Gasteiger partial charge in [0.15, 0.2) is 0 Å². The topological polar surface area (TPSA) is 12.0 Å². The molecule has 0 radical (unpaired) electrons. The van der Waals surface area contributed by atoms with Gasteiger partial charge in [0.1, 0.15) is 0 Å². The van der Waals surface area contributed by atoms with Gasteiger partial charge in [0.2, 0.25) is 0 Å². The van der Waals surface area contributed by atoms with Crippen LogP contribution in [-0.4, -0.2) is 12.6 Å². The minimum absolute atomic E-state index is 0.608. The Morgan fingerprint density at radius 2 is 1.88 bits per heavy atom. The normalized spacial score (nSPS) is 14.8. The lowest BCUT2D eigenvalue weighted by Gasteiger charge is -2.24. The van der Waals surface area contributed by atoms with E-state index in [9.17, 15) is 0 Å². The quantitative estimate of drug-likeness (QED) is 0.771. The summed E-state index contributed by atoms with van der Waals surface area (Å²) in [6.45, 7) is 10.1. The Kier molecular flexibility index (Phi) is 5.54. The van der Waals surface area contributed by atoms with E-state index >= 15 is 0 Å². The highest BCUT2D eigenvalue weighted by atomic mass is 14.9. The first-order valence-corrected chi connectivity index (χ1v) is 6.46. The van der Waals surface area contributed by atoms with Gasteiger partial charge in [0, 0.05) is 6.04 Å². The number of nitrogens with one attached hydrogen (secondary N) is 1. The fourth-order valence-corrected chi connectivity index (χ4v) is 2.10. The molecule has 0 spiro atoms. The number of rotatable bonds is 6. The first-order valence-electron chi connectivity index (χ1n) is 6.46. The summed E-state index contributed by atoms with van der Waals surface area (Å²) in [6.07, 6.45) is 2.39. The van der Waals surface area contributed by atoms with Crippen LogP contribution in [0.3, 0.4) is 0 Å². The van der Waals surface area contributed by atoms with E-state index in [1.807, 2.05) is 0 Å². The Morgan fingerprint density at radius 3 is 2.44 bits per heavy atom. The van der Waals surface area contributed by atoms with Crippen LogP contribution in [0.5, 0.6) is 0 Å². The number of likely N-dealkylation sites (N-methyl/N-ethyl adjacent to an activating group) is 1. The van der Waals surface area contributed by atoms with Crippen molar-refractivity contribution in [3.8, 4) is 0 Å². The highest BCUT2D eigenvalue weighted by molar-refractivity contribution is 5.26. The molecule has 2 atom stereocenters. The Morgan fingerprint density at radius 1 is 1.19 bits per heavy atom. The molecule has 0 aliphatic heterocycles. The van der Waals surface area contributed by atoms with Crippen molar-refractivity contribution >= 4 is 0 Å². The molecule has 1 nitrogen and oxygen atoms in total. The van der Waals surface area contributed by atoms with Crippen LogP contribution >= 0.6 is 0 Å². The van der Waals surface area contributed by atoms with Crippen LogP contribution in [0.25, 0.3) is 0 Å². The van der Waals surface area contributed by atoms with Gasteiger partial charge in [-0.2, -0.15) is 0 Å². The summed E-state index contributed by atoms with van der Waals surface area (Å²) in [5.74, 6) is 0.736. The molecular weight excluding hydrogens is 194 g/mol. The van der Waals surface area contributed by atoms with E-state index in [0.717, 1.165) is 18.9 Å². The largest absolute Gasteiger partial charge is 0.314 e. The van der Waals surface area contributed by atoms with E-state index < -0.39 is 0 Å². The highest BCUT2D eigenvalue weighted by Crippen LogP contribution is 2.16. The van der Waals surface area contributed by atoms with E-state index in [1.54, 1.807) is 0 Å². The molecule has 0 saturated carbocycles.